The second-order valence-corrected chi connectivity index (χ2v) is 8.90. The number of anilines is 1. The highest BCUT2D eigenvalue weighted by Crippen LogP contribution is 2.47. The second kappa shape index (κ2) is 5.62. The van der Waals surface area contributed by atoms with Crippen LogP contribution in [0.25, 0.3) is 0 Å². The van der Waals surface area contributed by atoms with Gasteiger partial charge in [-0.2, -0.15) is 4.31 Å². The smallest absolute Gasteiger partial charge is 0.243 e. The summed E-state index contributed by atoms with van der Waals surface area (Å²) >= 11 is 0. The molecule has 0 N–H and O–H groups in total. The number of rotatable bonds is 2. The Hall–Kier alpha value is -2.25. The highest BCUT2D eigenvalue weighted by Gasteiger charge is 2.55. The van der Waals surface area contributed by atoms with Crippen molar-refractivity contribution in [2.75, 3.05) is 25.0 Å². The molecule has 7 heteroatoms. The van der Waals surface area contributed by atoms with Gasteiger partial charge in [0.15, 0.2) is 0 Å². The van der Waals surface area contributed by atoms with E-state index in [1.165, 1.54) is 23.4 Å². The van der Waals surface area contributed by atoms with E-state index >= 15 is 0 Å². The van der Waals surface area contributed by atoms with Crippen LogP contribution in [-0.2, 0) is 20.2 Å². The Morgan fingerprint density at radius 3 is 2.62 bits per heavy atom. The second-order valence-electron chi connectivity index (χ2n) is 6.96. The van der Waals surface area contributed by atoms with E-state index in [-0.39, 0.29) is 29.5 Å². The van der Waals surface area contributed by atoms with Crippen molar-refractivity contribution in [3.8, 4) is 0 Å². The predicted molar refractivity (Wildman–Crippen MR) is 96.0 cm³/mol. The summed E-state index contributed by atoms with van der Waals surface area (Å²) in [6.07, 6.45) is 0.437. The molecule has 2 aromatic carbocycles. The van der Waals surface area contributed by atoms with Gasteiger partial charge in [-0.3, -0.25) is 4.79 Å². The van der Waals surface area contributed by atoms with Crippen LogP contribution in [0.3, 0.4) is 0 Å². The molecule has 0 saturated carbocycles. The number of amides is 1. The van der Waals surface area contributed by atoms with E-state index in [0.29, 0.717) is 6.42 Å². The minimum absolute atomic E-state index is 0.0561. The van der Waals surface area contributed by atoms with Gasteiger partial charge in [0.25, 0.3) is 0 Å². The van der Waals surface area contributed by atoms with E-state index in [1.807, 2.05) is 24.3 Å². The van der Waals surface area contributed by atoms with Crippen molar-refractivity contribution >= 4 is 21.6 Å². The van der Waals surface area contributed by atoms with Crippen LogP contribution < -0.4 is 4.90 Å². The fraction of sp³-hybridized carbons (Fsp3) is 0.316. The van der Waals surface area contributed by atoms with Crippen molar-refractivity contribution in [3.05, 3.63) is 59.4 Å². The van der Waals surface area contributed by atoms with Crippen LogP contribution in [-0.4, -0.2) is 38.8 Å². The summed E-state index contributed by atoms with van der Waals surface area (Å²) in [5.74, 6) is -0.518. The molecule has 1 amide bonds. The Balaban J connectivity index is 1.73. The third-order valence-corrected chi connectivity index (χ3v) is 7.34. The van der Waals surface area contributed by atoms with Gasteiger partial charge in [0.1, 0.15) is 5.82 Å². The Bertz CT molecular complexity index is 1020. The summed E-state index contributed by atoms with van der Waals surface area (Å²) in [5.41, 5.74) is 1.14. The maximum Gasteiger partial charge on any atom is 0.243 e. The van der Waals surface area contributed by atoms with E-state index in [0.717, 1.165) is 17.3 Å². The molecule has 2 aliphatic heterocycles. The molecule has 2 aromatic rings. The Labute approximate surface area is 152 Å². The molecule has 5 nitrogen and oxygen atoms in total. The van der Waals surface area contributed by atoms with Crippen molar-refractivity contribution in [1.82, 2.24) is 4.31 Å². The fourth-order valence-electron chi connectivity index (χ4n) is 4.02. The topological polar surface area (TPSA) is 57.7 Å². The molecule has 0 aliphatic carbocycles. The number of fused-ring (bicyclic) bond motifs is 2. The number of hydrogen-bond acceptors (Lipinski definition) is 3. The number of para-hydroxylation sites is 1. The van der Waals surface area contributed by atoms with Gasteiger partial charge in [-0.05, 0) is 48.7 Å². The number of aryl methyl sites for hydroxylation is 1. The normalized spacial score (nSPS) is 23.0. The average Bonchev–Trinajstić information content (AvgIpc) is 3.17. The molecular formula is C19H19FN2O3S. The van der Waals surface area contributed by atoms with E-state index in [2.05, 4.69) is 0 Å². The molecule has 1 atom stereocenters. The van der Waals surface area contributed by atoms with E-state index in [4.69, 9.17) is 0 Å². The number of benzene rings is 2. The highest BCUT2D eigenvalue weighted by atomic mass is 32.2. The van der Waals surface area contributed by atoms with Gasteiger partial charge < -0.3 is 4.90 Å². The molecule has 1 spiro atoms. The maximum absolute atomic E-state index is 13.5. The van der Waals surface area contributed by atoms with Crippen LogP contribution in [0.2, 0.25) is 0 Å². The first kappa shape index (κ1) is 17.2. The zero-order valence-corrected chi connectivity index (χ0v) is 15.4. The molecule has 1 fully saturated rings. The zero-order valence-electron chi connectivity index (χ0n) is 14.6. The molecule has 0 bridgehead atoms. The number of carbonyl (C=O) groups excluding carboxylic acids is 1. The zero-order chi connectivity index (χ0) is 18.7. The first-order valence-electron chi connectivity index (χ1n) is 8.41. The van der Waals surface area contributed by atoms with Crippen molar-refractivity contribution in [2.45, 2.75) is 23.7 Å². The van der Waals surface area contributed by atoms with Gasteiger partial charge in [0.2, 0.25) is 15.9 Å². The van der Waals surface area contributed by atoms with Gasteiger partial charge in [0.05, 0.1) is 10.3 Å². The summed E-state index contributed by atoms with van der Waals surface area (Å²) in [6.45, 7) is 1.89. The predicted octanol–water partition coefficient (Wildman–Crippen LogP) is 2.44. The van der Waals surface area contributed by atoms with Crippen molar-refractivity contribution in [1.29, 1.82) is 0 Å². The number of likely N-dealkylation sites (N-methyl/N-ethyl adjacent to an activating group) is 1. The standard InChI is InChI=1S/C19H19FN2O3S/c1-13-11-14(7-8-16(13)20)26(24,25)22-10-9-19(12-22)15-5-3-4-6-17(15)21(2)18(19)23/h3-8,11H,9-10,12H2,1-2H3/t19-/m0/s1. The summed E-state index contributed by atoms with van der Waals surface area (Å²) in [4.78, 5) is 14.6. The molecule has 26 heavy (non-hydrogen) atoms. The highest BCUT2D eigenvalue weighted by molar-refractivity contribution is 7.89. The lowest BCUT2D eigenvalue weighted by Gasteiger charge is -2.23. The lowest BCUT2D eigenvalue weighted by molar-refractivity contribution is -0.122. The summed E-state index contributed by atoms with van der Waals surface area (Å²) in [7, 11) is -2.07. The third-order valence-electron chi connectivity index (χ3n) is 5.50. The van der Waals surface area contributed by atoms with Gasteiger partial charge in [-0.1, -0.05) is 18.2 Å². The fourth-order valence-corrected chi connectivity index (χ4v) is 5.60. The van der Waals surface area contributed by atoms with E-state index in [1.54, 1.807) is 11.9 Å². The molecule has 4 rings (SSSR count). The monoisotopic (exact) mass is 374 g/mol. The number of carbonyl (C=O) groups is 1. The molecule has 1 saturated heterocycles. The van der Waals surface area contributed by atoms with Crippen LogP contribution in [0.5, 0.6) is 0 Å². The lowest BCUT2D eigenvalue weighted by Crippen LogP contribution is -2.42. The number of sulfonamides is 1. The minimum atomic E-state index is -3.79. The first-order valence-corrected chi connectivity index (χ1v) is 9.85. The van der Waals surface area contributed by atoms with Gasteiger partial charge in [0, 0.05) is 25.8 Å². The number of nitrogens with zero attached hydrogens (tertiary/aromatic N) is 2. The van der Waals surface area contributed by atoms with Crippen LogP contribution >= 0.6 is 0 Å². The molecule has 0 aromatic heterocycles. The van der Waals surface area contributed by atoms with Crippen molar-refractivity contribution in [3.63, 3.8) is 0 Å². The Kier molecular flexibility index (Phi) is 3.71. The van der Waals surface area contributed by atoms with Crippen LogP contribution in [0.15, 0.2) is 47.4 Å². The Morgan fingerprint density at radius 2 is 1.88 bits per heavy atom. The SMILES string of the molecule is Cc1cc(S(=O)(=O)N2CC[C@@]3(C2)C(=O)N(C)c2ccccc23)ccc1F. The van der Waals surface area contributed by atoms with Crippen molar-refractivity contribution < 1.29 is 17.6 Å². The molecule has 0 radical (unpaired) electrons. The molecular weight excluding hydrogens is 355 g/mol. The maximum atomic E-state index is 13.5. The summed E-state index contributed by atoms with van der Waals surface area (Å²) < 4.78 is 40.9. The van der Waals surface area contributed by atoms with Crippen LogP contribution in [0, 0.1) is 12.7 Å². The quantitative estimate of drug-likeness (QED) is 0.811. The molecule has 2 aliphatic rings. The third kappa shape index (κ3) is 2.23. The Morgan fingerprint density at radius 1 is 1.15 bits per heavy atom. The number of hydrogen-bond donors (Lipinski definition) is 0. The van der Waals surface area contributed by atoms with Crippen molar-refractivity contribution in [2.24, 2.45) is 0 Å². The minimum Gasteiger partial charge on any atom is -0.314 e. The van der Waals surface area contributed by atoms with Crippen LogP contribution in [0.4, 0.5) is 10.1 Å². The van der Waals surface area contributed by atoms with Gasteiger partial charge in [-0.25, -0.2) is 12.8 Å². The van der Waals surface area contributed by atoms with Gasteiger partial charge >= 0.3 is 0 Å². The van der Waals surface area contributed by atoms with E-state index in [9.17, 15) is 17.6 Å². The lowest BCUT2D eigenvalue weighted by atomic mass is 9.81. The molecule has 2 heterocycles. The van der Waals surface area contributed by atoms with Gasteiger partial charge in [-0.15, -0.1) is 0 Å². The summed E-state index contributed by atoms with van der Waals surface area (Å²) in [5, 5.41) is 0. The molecule has 136 valence electrons. The van der Waals surface area contributed by atoms with E-state index < -0.39 is 21.3 Å². The van der Waals surface area contributed by atoms with Crippen LogP contribution in [0.1, 0.15) is 17.5 Å². The molecule has 0 unspecified atom stereocenters. The first-order chi connectivity index (χ1) is 12.3. The summed E-state index contributed by atoms with van der Waals surface area (Å²) in [6, 6.07) is 11.3. The number of halogens is 1. The largest absolute Gasteiger partial charge is 0.314 e. The average molecular weight is 374 g/mol.